The molecule has 55 heavy (non-hydrogen) atoms. The van der Waals surface area contributed by atoms with Crippen LogP contribution in [0, 0.1) is 0 Å². The van der Waals surface area contributed by atoms with Gasteiger partial charge in [-0.05, 0) is 95.5 Å². The van der Waals surface area contributed by atoms with Crippen LogP contribution < -0.4 is 0 Å². The van der Waals surface area contributed by atoms with E-state index >= 15 is 0 Å². The normalized spacial score (nSPS) is 21.2. The summed E-state index contributed by atoms with van der Waals surface area (Å²) in [4.78, 5) is 14.7. The predicted octanol–water partition coefficient (Wildman–Crippen LogP) is 14.9. The molecule has 0 radical (unpaired) electrons. The van der Waals surface area contributed by atoms with Gasteiger partial charge in [-0.25, -0.2) is 4.79 Å². The lowest BCUT2D eigenvalue weighted by atomic mass is 9.98. The van der Waals surface area contributed by atoms with Crippen LogP contribution in [0.15, 0.2) is 78.9 Å². The summed E-state index contributed by atoms with van der Waals surface area (Å²) in [5.41, 5.74) is 1.00. The van der Waals surface area contributed by atoms with Crippen LogP contribution >= 0.6 is 0 Å². The number of hydrogen-bond acceptors (Lipinski definition) is 4. The fourth-order valence-electron chi connectivity index (χ4n) is 8.00. The molecule has 2 fully saturated rings. The molecule has 1 aromatic rings. The third-order valence-electron chi connectivity index (χ3n) is 11.5. The van der Waals surface area contributed by atoms with E-state index in [9.17, 15) is 4.79 Å². The molecule has 5 heteroatoms. The summed E-state index contributed by atoms with van der Waals surface area (Å²) in [5.74, 6) is -0.464. The summed E-state index contributed by atoms with van der Waals surface area (Å²) in [6, 6.07) is 9.96. The van der Waals surface area contributed by atoms with Crippen molar-refractivity contribution in [2.24, 2.45) is 0 Å². The van der Waals surface area contributed by atoms with E-state index in [-0.39, 0.29) is 24.3 Å². The van der Waals surface area contributed by atoms with E-state index in [0.717, 1.165) is 56.9 Å². The van der Waals surface area contributed by atoms with Gasteiger partial charge in [0.1, 0.15) is 6.61 Å². The van der Waals surface area contributed by atoms with Crippen LogP contribution in [-0.2, 0) is 20.8 Å². The molecular weight excluding hydrogens is 679 g/mol. The molecule has 2 aliphatic rings. The van der Waals surface area contributed by atoms with Crippen LogP contribution in [-0.4, -0.2) is 42.1 Å². The SMILES string of the molecule is CCCCC/C=C\C/C=C\CCCCCCCCC1(CCCCCCC/C=C\C/C=C\CCCCC)O[C@H]2CC(N(C)C(=O)OCc3ccccc3)C[C@H]2O1. The maximum absolute atomic E-state index is 12.9. The third-order valence-corrected chi connectivity index (χ3v) is 11.5. The van der Waals surface area contributed by atoms with Crippen molar-refractivity contribution in [1.82, 2.24) is 4.90 Å². The van der Waals surface area contributed by atoms with Gasteiger partial charge in [0.15, 0.2) is 5.79 Å². The van der Waals surface area contributed by atoms with E-state index in [0.29, 0.717) is 6.61 Å². The van der Waals surface area contributed by atoms with Crippen LogP contribution in [0.5, 0.6) is 0 Å². The Bertz CT molecular complexity index is 1190. The van der Waals surface area contributed by atoms with Crippen molar-refractivity contribution in [3.8, 4) is 0 Å². The zero-order chi connectivity index (χ0) is 39.1. The molecule has 1 aromatic carbocycles. The number of ether oxygens (including phenoxy) is 3. The van der Waals surface area contributed by atoms with E-state index in [1.165, 1.54) is 122 Å². The van der Waals surface area contributed by atoms with Crippen LogP contribution in [0.3, 0.4) is 0 Å². The van der Waals surface area contributed by atoms with Crippen molar-refractivity contribution in [3.05, 3.63) is 84.5 Å². The standard InChI is InChI=1S/C50H81NO4/c1-4-6-8-10-12-14-16-18-20-22-24-26-28-30-32-37-41-50(40-36-31-29-27-25-23-21-19-17-15-13-11-9-7-5-2)54-47-42-46(43-48(47)55-50)51(3)49(52)53-44-45-38-34-33-35-39-45/h12-15,18-21,33-35,38-39,46-48H,4-11,16-17,22-32,36-37,40-44H2,1-3H3/b14-12-,15-13-,20-18-,21-19-/t46?,47-,48+,50?. The van der Waals surface area contributed by atoms with E-state index < -0.39 is 5.79 Å². The molecule has 310 valence electrons. The summed E-state index contributed by atoms with van der Waals surface area (Å²) < 4.78 is 19.4. The van der Waals surface area contributed by atoms with Gasteiger partial charge in [0.25, 0.3) is 0 Å². The number of carbonyl (C=O) groups is 1. The smallest absolute Gasteiger partial charge is 0.410 e. The fourth-order valence-corrected chi connectivity index (χ4v) is 8.00. The van der Waals surface area contributed by atoms with Crippen molar-refractivity contribution in [1.29, 1.82) is 0 Å². The van der Waals surface area contributed by atoms with Gasteiger partial charge in [0.05, 0.1) is 12.2 Å². The van der Waals surface area contributed by atoms with Crippen molar-refractivity contribution in [2.45, 2.75) is 218 Å². The lowest BCUT2D eigenvalue weighted by Gasteiger charge is -2.31. The molecule has 0 spiro atoms. The van der Waals surface area contributed by atoms with Gasteiger partial charge in [-0.2, -0.15) is 0 Å². The molecule has 4 atom stereocenters. The maximum atomic E-state index is 12.9. The lowest BCUT2D eigenvalue weighted by molar-refractivity contribution is -0.192. The average Bonchev–Trinajstić information content (AvgIpc) is 3.75. The van der Waals surface area contributed by atoms with Gasteiger partial charge in [-0.15, -0.1) is 0 Å². The van der Waals surface area contributed by atoms with Crippen molar-refractivity contribution < 1.29 is 19.0 Å². The number of amides is 1. The van der Waals surface area contributed by atoms with Crippen LogP contribution in [0.1, 0.15) is 193 Å². The first-order valence-electron chi connectivity index (χ1n) is 23.0. The Morgan fingerprint density at radius 2 is 1.04 bits per heavy atom. The molecule has 1 aliphatic carbocycles. The van der Waals surface area contributed by atoms with Crippen molar-refractivity contribution in [2.75, 3.05) is 7.05 Å². The van der Waals surface area contributed by atoms with Crippen LogP contribution in [0.4, 0.5) is 4.79 Å². The predicted molar refractivity (Wildman–Crippen MR) is 233 cm³/mol. The summed E-state index contributed by atoms with van der Waals surface area (Å²) >= 11 is 0. The molecule has 2 unspecified atom stereocenters. The second-order valence-corrected chi connectivity index (χ2v) is 16.3. The molecule has 1 aliphatic heterocycles. The Balaban J connectivity index is 1.34. The molecule has 5 nitrogen and oxygen atoms in total. The minimum Gasteiger partial charge on any atom is -0.445 e. The van der Waals surface area contributed by atoms with Gasteiger partial charge >= 0.3 is 6.09 Å². The number of nitrogens with zero attached hydrogens (tertiary/aromatic N) is 1. The van der Waals surface area contributed by atoms with Crippen LogP contribution in [0.25, 0.3) is 0 Å². The quantitative estimate of drug-likeness (QED) is 0.0542. The molecule has 0 bridgehead atoms. The van der Waals surface area contributed by atoms with Gasteiger partial charge in [0, 0.05) is 25.9 Å². The summed E-state index contributed by atoms with van der Waals surface area (Å²) in [6.45, 7) is 4.82. The highest BCUT2D eigenvalue weighted by Crippen LogP contribution is 2.45. The molecule has 1 heterocycles. The number of fused-ring (bicyclic) bond motifs is 1. The second kappa shape index (κ2) is 30.5. The van der Waals surface area contributed by atoms with Crippen molar-refractivity contribution in [3.63, 3.8) is 0 Å². The Morgan fingerprint density at radius 3 is 1.49 bits per heavy atom. The highest BCUT2D eigenvalue weighted by molar-refractivity contribution is 5.67. The number of rotatable bonds is 32. The summed E-state index contributed by atoms with van der Waals surface area (Å²) in [7, 11) is 1.86. The number of carbonyl (C=O) groups excluding carboxylic acids is 1. The first-order valence-corrected chi connectivity index (χ1v) is 23.0. The topological polar surface area (TPSA) is 48.0 Å². The van der Waals surface area contributed by atoms with E-state index in [2.05, 4.69) is 62.5 Å². The first kappa shape index (κ1) is 46.8. The summed E-state index contributed by atoms with van der Waals surface area (Å²) in [5, 5.41) is 0. The second-order valence-electron chi connectivity index (χ2n) is 16.3. The van der Waals surface area contributed by atoms with E-state index in [4.69, 9.17) is 14.2 Å². The molecule has 1 saturated heterocycles. The first-order chi connectivity index (χ1) is 27.1. The number of unbranched alkanes of at least 4 members (excludes halogenated alkanes) is 17. The van der Waals surface area contributed by atoms with Gasteiger partial charge in [0.2, 0.25) is 0 Å². The largest absolute Gasteiger partial charge is 0.445 e. The molecule has 1 saturated carbocycles. The zero-order valence-electron chi connectivity index (χ0n) is 35.6. The molecule has 1 amide bonds. The monoisotopic (exact) mass is 760 g/mol. The number of allylic oxidation sites excluding steroid dienone is 8. The fraction of sp³-hybridized carbons (Fsp3) is 0.700. The maximum Gasteiger partial charge on any atom is 0.410 e. The summed E-state index contributed by atoms with van der Waals surface area (Å²) in [6.07, 6.45) is 50.9. The lowest BCUT2D eigenvalue weighted by Crippen LogP contribution is -2.38. The molecule has 3 rings (SSSR count). The molecular formula is C50H81NO4. The highest BCUT2D eigenvalue weighted by atomic mass is 16.8. The van der Waals surface area contributed by atoms with Gasteiger partial charge in [-0.1, -0.05) is 163 Å². The zero-order valence-corrected chi connectivity index (χ0v) is 35.6. The molecule has 0 N–H and O–H groups in total. The number of benzene rings is 1. The third kappa shape index (κ3) is 20.9. The average molecular weight is 760 g/mol. The highest BCUT2D eigenvalue weighted by Gasteiger charge is 2.52. The van der Waals surface area contributed by atoms with E-state index in [1.807, 2.05) is 37.4 Å². The van der Waals surface area contributed by atoms with E-state index in [1.54, 1.807) is 4.90 Å². The Morgan fingerprint density at radius 1 is 0.618 bits per heavy atom. The van der Waals surface area contributed by atoms with Crippen LogP contribution in [0.2, 0.25) is 0 Å². The Hall–Kier alpha value is -2.63. The molecule has 0 aromatic heterocycles. The van der Waals surface area contributed by atoms with Gasteiger partial charge < -0.3 is 19.1 Å². The minimum absolute atomic E-state index is 0.0527. The van der Waals surface area contributed by atoms with Crippen molar-refractivity contribution >= 4 is 6.09 Å². The minimum atomic E-state index is -0.464. The Kier molecular flexibility index (Phi) is 25.9. The van der Waals surface area contributed by atoms with Gasteiger partial charge in [-0.3, -0.25) is 0 Å². The number of hydrogen-bond donors (Lipinski definition) is 0. The Labute approximate surface area is 338 Å².